The van der Waals surface area contributed by atoms with E-state index in [9.17, 15) is 0 Å². The molecule has 2 unspecified atom stereocenters. The third-order valence-electron chi connectivity index (χ3n) is 6.89. The van der Waals surface area contributed by atoms with Crippen LogP contribution in [0.3, 0.4) is 0 Å². The van der Waals surface area contributed by atoms with Crippen LogP contribution in [-0.4, -0.2) is 9.55 Å². The SMILES string of the molecule is CCCCCCCCCCCCCCCCCC(CC)c1nccn1C(C)CCC. The second-order valence-corrected chi connectivity index (χ2v) is 9.67. The van der Waals surface area contributed by atoms with Crippen LogP contribution in [0, 0.1) is 0 Å². The molecule has 0 aromatic carbocycles. The van der Waals surface area contributed by atoms with Gasteiger partial charge >= 0.3 is 0 Å². The molecule has 0 saturated heterocycles. The van der Waals surface area contributed by atoms with Crippen LogP contribution in [0.5, 0.6) is 0 Å². The van der Waals surface area contributed by atoms with Gasteiger partial charge in [-0.3, -0.25) is 0 Å². The Morgan fingerprint density at radius 2 is 1.17 bits per heavy atom. The Labute approximate surface area is 189 Å². The maximum Gasteiger partial charge on any atom is 0.111 e. The zero-order chi connectivity index (χ0) is 21.9. The Morgan fingerprint density at radius 3 is 1.63 bits per heavy atom. The predicted octanol–water partition coefficient (Wildman–Crippen LogP) is 10.00. The Kier molecular flexibility index (Phi) is 17.2. The fourth-order valence-corrected chi connectivity index (χ4v) is 4.85. The van der Waals surface area contributed by atoms with E-state index in [1.807, 2.05) is 6.20 Å². The summed E-state index contributed by atoms with van der Waals surface area (Å²) in [6.07, 6.45) is 30.8. The first-order valence-electron chi connectivity index (χ1n) is 13.8. The van der Waals surface area contributed by atoms with Gasteiger partial charge in [0, 0.05) is 24.4 Å². The molecule has 0 spiro atoms. The lowest BCUT2D eigenvalue weighted by atomic mass is 9.96. The molecule has 2 heteroatoms. The van der Waals surface area contributed by atoms with E-state index in [-0.39, 0.29) is 0 Å². The smallest absolute Gasteiger partial charge is 0.111 e. The lowest BCUT2D eigenvalue weighted by molar-refractivity contribution is 0.438. The highest BCUT2D eigenvalue weighted by Gasteiger charge is 2.17. The number of imidazole rings is 1. The molecule has 1 aromatic rings. The van der Waals surface area contributed by atoms with Gasteiger partial charge in [-0.2, -0.15) is 0 Å². The molecule has 0 aliphatic heterocycles. The van der Waals surface area contributed by atoms with Gasteiger partial charge in [0.2, 0.25) is 0 Å². The van der Waals surface area contributed by atoms with Gasteiger partial charge in [-0.25, -0.2) is 4.98 Å². The third kappa shape index (κ3) is 12.2. The highest BCUT2D eigenvalue weighted by molar-refractivity contribution is 5.02. The van der Waals surface area contributed by atoms with E-state index in [2.05, 4.69) is 38.5 Å². The van der Waals surface area contributed by atoms with Gasteiger partial charge in [0.25, 0.3) is 0 Å². The van der Waals surface area contributed by atoms with Crippen LogP contribution in [0.4, 0.5) is 0 Å². The van der Waals surface area contributed by atoms with Crippen molar-refractivity contribution < 1.29 is 0 Å². The standard InChI is InChI=1S/C28H54N2/c1-5-8-9-10-11-12-13-14-15-16-17-18-19-20-21-23-27(7-3)28-29-24-25-30(28)26(4)22-6-2/h24-27H,5-23H2,1-4H3. The van der Waals surface area contributed by atoms with Crippen molar-refractivity contribution in [3.05, 3.63) is 18.2 Å². The van der Waals surface area contributed by atoms with Crippen molar-refractivity contribution in [2.75, 3.05) is 0 Å². The zero-order valence-electron chi connectivity index (χ0n) is 21.1. The Morgan fingerprint density at radius 1 is 0.667 bits per heavy atom. The van der Waals surface area contributed by atoms with Crippen LogP contribution in [0.1, 0.15) is 167 Å². The van der Waals surface area contributed by atoms with E-state index in [4.69, 9.17) is 4.98 Å². The summed E-state index contributed by atoms with van der Waals surface area (Å²) in [6.45, 7) is 9.25. The second-order valence-electron chi connectivity index (χ2n) is 9.67. The summed E-state index contributed by atoms with van der Waals surface area (Å²) < 4.78 is 2.45. The number of hydrogen-bond donors (Lipinski definition) is 0. The summed E-state index contributed by atoms with van der Waals surface area (Å²) in [6, 6.07) is 0.586. The Bertz CT molecular complexity index is 479. The van der Waals surface area contributed by atoms with Crippen LogP contribution in [0.15, 0.2) is 12.4 Å². The van der Waals surface area contributed by atoms with Crippen molar-refractivity contribution in [1.82, 2.24) is 9.55 Å². The fourth-order valence-electron chi connectivity index (χ4n) is 4.85. The van der Waals surface area contributed by atoms with E-state index in [0.29, 0.717) is 12.0 Å². The molecule has 1 heterocycles. The van der Waals surface area contributed by atoms with Gasteiger partial charge < -0.3 is 4.57 Å². The van der Waals surface area contributed by atoms with Gasteiger partial charge in [-0.1, -0.05) is 124 Å². The monoisotopic (exact) mass is 418 g/mol. The largest absolute Gasteiger partial charge is 0.332 e. The van der Waals surface area contributed by atoms with E-state index in [1.165, 1.54) is 128 Å². The lowest BCUT2D eigenvalue weighted by Gasteiger charge is -2.21. The molecule has 176 valence electrons. The first-order valence-corrected chi connectivity index (χ1v) is 13.8. The molecule has 0 saturated carbocycles. The fraction of sp³-hybridized carbons (Fsp3) is 0.893. The number of nitrogens with zero attached hydrogens (tertiary/aromatic N) is 2. The predicted molar refractivity (Wildman–Crippen MR) is 134 cm³/mol. The van der Waals surface area contributed by atoms with Crippen molar-refractivity contribution in [2.45, 2.75) is 162 Å². The topological polar surface area (TPSA) is 17.8 Å². The third-order valence-corrected chi connectivity index (χ3v) is 6.89. The van der Waals surface area contributed by atoms with Crippen molar-refractivity contribution in [2.24, 2.45) is 0 Å². The van der Waals surface area contributed by atoms with E-state index >= 15 is 0 Å². The zero-order valence-corrected chi connectivity index (χ0v) is 21.1. The highest BCUT2D eigenvalue weighted by atomic mass is 15.1. The van der Waals surface area contributed by atoms with Crippen molar-refractivity contribution >= 4 is 0 Å². The van der Waals surface area contributed by atoms with Crippen molar-refractivity contribution in [3.8, 4) is 0 Å². The van der Waals surface area contributed by atoms with Crippen molar-refractivity contribution in [1.29, 1.82) is 0 Å². The molecule has 1 rings (SSSR count). The van der Waals surface area contributed by atoms with E-state index in [0.717, 1.165) is 0 Å². The molecular weight excluding hydrogens is 364 g/mol. The van der Waals surface area contributed by atoms with E-state index in [1.54, 1.807) is 0 Å². The summed E-state index contributed by atoms with van der Waals surface area (Å²) in [7, 11) is 0. The normalized spacial score (nSPS) is 13.6. The molecule has 30 heavy (non-hydrogen) atoms. The number of unbranched alkanes of at least 4 members (excludes halogenated alkanes) is 14. The molecular formula is C28H54N2. The summed E-state index contributed by atoms with van der Waals surface area (Å²) >= 11 is 0. The summed E-state index contributed by atoms with van der Waals surface area (Å²) in [5, 5.41) is 0. The molecule has 0 aliphatic rings. The molecule has 0 aliphatic carbocycles. The molecule has 0 bridgehead atoms. The summed E-state index contributed by atoms with van der Waals surface area (Å²) in [5.74, 6) is 1.98. The highest BCUT2D eigenvalue weighted by Crippen LogP contribution is 2.28. The van der Waals surface area contributed by atoms with Gasteiger partial charge in [-0.05, 0) is 26.2 Å². The van der Waals surface area contributed by atoms with Crippen LogP contribution in [0.25, 0.3) is 0 Å². The van der Waals surface area contributed by atoms with Gasteiger partial charge in [0.15, 0.2) is 0 Å². The maximum atomic E-state index is 4.74. The van der Waals surface area contributed by atoms with Gasteiger partial charge in [0.1, 0.15) is 5.82 Å². The minimum Gasteiger partial charge on any atom is -0.332 e. The van der Waals surface area contributed by atoms with Crippen LogP contribution < -0.4 is 0 Å². The first-order chi connectivity index (χ1) is 14.7. The number of aromatic nitrogens is 2. The molecule has 0 amide bonds. The lowest BCUT2D eigenvalue weighted by Crippen LogP contribution is -2.12. The average Bonchev–Trinajstić information content (AvgIpc) is 3.23. The maximum absolute atomic E-state index is 4.74. The minimum absolute atomic E-state index is 0.586. The molecule has 0 N–H and O–H groups in total. The molecule has 2 nitrogen and oxygen atoms in total. The first kappa shape index (κ1) is 27.2. The molecule has 1 aromatic heterocycles. The minimum atomic E-state index is 0.586. The number of hydrogen-bond acceptors (Lipinski definition) is 1. The molecule has 0 fully saturated rings. The second kappa shape index (κ2) is 18.9. The van der Waals surface area contributed by atoms with Gasteiger partial charge in [-0.15, -0.1) is 0 Å². The van der Waals surface area contributed by atoms with Crippen LogP contribution >= 0.6 is 0 Å². The average molecular weight is 419 g/mol. The van der Waals surface area contributed by atoms with Crippen LogP contribution in [0.2, 0.25) is 0 Å². The van der Waals surface area contributed by atoms with Gasteiger partial charge in [0.05, 0.1) is 0 Å². The molecule has 2 atom stereocenters. The Hall–Kier alpha value is -0.790. The quantitative estimate of drug-likeness (QED) is 0.182. The number of rotatable bonds is 21. The van der Waals surface area contributed by atoms with Crippen molar-refractivity contribution in [3.63, 3.8) is 0 Å². The van der Waals surface area contributed by atoms with Crippen LogP contribution in [-0.2, 0) is 0 Å². The molecule has 0 radical (unpaired) electrons. The Balaban J connectivity index is 2.01. The summed E-state index contributed by atoms with van der Waals surface area (Å²) in [5.41, 5.74) is 0. The van der Waals surface area contributed by atoms with E-state index < -0.39 is 0 Å². The summed E-state index contributed by atoms with van der Waals surface area (Å²) in [4.78, 5) is 4.74.